The predicted octanol–water partition coefficient (Wildman–Crippen LogP) is 2.46. The number of rotatable bonds is 5. The minimum Gasteiger partial charge on any atom is -0.487 e. The van der Waals surface area contributed by atoms with Crippen molar-refractivity contribution in [2.45, 2.75) is 20.0 Å². The number of ether oxygens (including phenoxy) is 1. The van der Waals surface area contributed by atoms with E-state index in [1.54, 1.807) is 4.68 Å². The number of aryl methyl sites for hydroxylation is 2. The summed E-state index contributed by atoms with van der Waals surface area (Å²) in [5, 5.41) is 4.93. The quantitative estimate of drug-likeness (QED) is 0.915. The van der Waals surface area contributed by atoms with E-state index in [0.29, 0.717) is 18.2 Å². The van der Waals surface area contributed by atoms with E-state index in [-0.39, 0.29) is 0 Å². The van der Waals surface area contributed by atoms with E-state index in [1.165, 1.54) is 0 Å². The Labute approximate surface area is 118 Å². The molecule has 102 valence electrons. The van der Waals surface area contributed by atoms with Crippen molar-refractivity contribution >= 4 is 11.6 Å². The predicted molar refractivity (Wildman–Crippen MR) is 76.5 cm³/mol. The second-order valence-corrected chi connectivity index (χ2v) is 4.78. The summed E-state index contributed by atoms with van der Waals surface area (Å²) in [6.45, 7) is 2.89. The Balaban J connectivity index is 2.14. The van der Waals surface area contributed by atoms with Gasteiger partial charge >= 0.3 is 0 Å². The lowest BCUT2D eigenvalue weighted by atomic mass is 10.1. The van der Waals surface area contributed by atoms with Gasteiger partial charge in [0.25, 0.3) is 0 Å². The van der Waals surface area contributed by atoms with Crippen LogP contribution in [0.5, 0.6) is 5.75 Å². The average Bonchev–Trinajstić information content (AvgIpc) is 2.63. The summed E-state index contributed by atoms with van der Waals surface area (Å²) in [5.41, 5.74) is 8.40. The van der Waals surface area contributed by atoms with Crippen molar-refractivity contribution in [2.75, 3.05) is 6.54 Å². The molecule has 2 rings (SSSR count). The lowest BCUT2D eigenvalue weighted by Crippen LogP contribution is -2.07. The van der Waals surface area contributed by atoms with Crippen LogP contribution in [0.4, 0.5) is 0 Å². The highest BCUT2D eigenvalue weighted by Gasteiger charge is 2.12. The first-order chi connectivity index (χ1) is 9.13. The molecule has 0 radical (unpaired) electrons. The molecule has 0 aliphatic heterocycles. The number of nitrogens with zero attached hydrogens (tertiary/aromatic N) is 2. The van der Waals surface area contributed by atoms with Crippen LogP contribution in [-0.4, -0.2) is 16.3 Å². The Bertz CT molecular complexity index is 566. The molecular weight excluding hydrogens is 262 g/mol. The molecule has 0 fully saturated rings. The molecular formula is C14H18ClN3O. The largest absolute Gasteiger partial charge is 0.487 e. The number of halogens is 1. The molecule has 19 heavy (non-hydrogen) atoms. The van der Waals surface area contributed by atoms with Crippen LogP contribution in [0.15, 0.2) is 24.3 Å². The van der Waals surface area contributed by atoms with Crippen molar-refractivity contribution in [2.24, 2.45) is 12.8 Å². The van der Waals surface area contributed by atoms with Gasteiger partial charge in [0, 0.05) is 7.05 Å². The Morgan fingerprint density at radius 2 is 2.11 bits per heavy atom. The zero-order chi connectivity index (χ0) is 13.8. The lowest BCUT2D eigenvalue weighted by molar-refractivity contribution is 0.292. The van der Waals surface area contributed by atoms with Crippen LogP contribution < -0.4 is 10.5 Å². The Hall–Kier alpha value is -1.52. The highest BCUT2D eigenvalue weighted by atomic mass is 35.5. The van der Waals surface area contributed by atoms with Crippen molar-refractivity contribution in [1.29, 1.82) is 0 Å². The van der Waals surface area contributed by atoms with Crippen molar-refractivity contribution in [1.82, 2.24) is 9.78 Å². The van der Waals surface area contributed by atoms with Gasteiger partial charge in [-0.1, -0.05) is 29.8 Å². The molecule has 0 unspecified atom stereocenters. The van der Waals surface area contributed by atoms with Crippen molar-refractivity contribution in [3.05, 3.63) is 46.2 Å². The molecule has 0 aliphatic rings. The summed E-state index contributed by atoms with van der Waals surface area (Å²) < 4.78 is 7.60. The number of hydrogen-bond acceptors (Lipinski definition) is 3. The van der Waals surface area contributed by atoms with Gasteiger partial charge in [0.15, 0.2) is 0 Å². The fourth-order valence-corrected chi connectivity index (χ4v) is 2.20. The van der Waals surface area contributed by atoms with E-state index in [1.807, 2.05) is 38.2 Å². The van der Waals surface area contributed by atoms with E-state index in [4.69, 9.17) is 22.1 Å². The molecule has 1 aromatic heterocycles. The number of benzene rings is 1. The average molecular weight is 280 g/mol. The minimum absolute atomic E-state index is 0.401. The van der Waals surface area contributed by atoms with Crippen molar-refractivity contribution in [3.63, 3.8) is 0 Å². The molecule has 2 N–H and O–H groups in total. The molecule has 0 saturated heterocycles. The molecule has 0 spiro atoms. The van der Waals surface area contributed by atoms with Gasteiger partial charge < -0.3 is 10.5 Å². The van der Waals surface area contributed by atoms with Crippen LogP contribution in [-0.2, 0) is 20.1 Å². The van der Waals surface area contributed by atoms with Gasteiger partial charge in [0.1, 0.15) is 12.4 Å². The van der Waals surface area contributed by atoms with Gasteiger partial charge in [0.05, 0.1) is 16.4 Å². The lowest BCUT2D eigenvalue weighted by Gasteiger charge is -2.11. The third-order valence-electron chi connectivity index (χ3n) is 3.01. The molecule has 4 nitrogen and oxygen atoms in total. The molecule has 1 heterocycles. The van der Waals surface area contributed by atoms with Crippen LogP contribution in [0.1, 0.15) is 17.0 Å². The SMILES string of the molecule is Cc1nn(C)c(COc2ccccc2CCN)c1Cl. The summed E-state index contributed by atoms with van der Waals surface area (Å²) in [7, 11) is 1.86. The second kappa shape index (κ2) is 6.08. The van der Waals surface area contributed by atoms with Crippen LogP contribution in [0.25, 0.3) is 0 Å². The third-order valence-corrected chi connectivity index (χ3v) is 3.50. The molecule has 0 amide bonds. The minimum atomic E-state index is 0.401. The first-order valence-electron chi connectivity index (χ1n) is 6.22. The first kappa shape index (κ1) is 13.9. The van der Waals surface area contributed by atoms with Crippen LogP contribution in [0.2, 0.25) is 5.02 Å². The normalized spacial score (nSPS) is 10.7. The Kier molecular flexibility index (Phi) is 4.45. The smallest absolute Gasteiger partial charge is 0.131 e. The number of aromatic nitrogens is 2. The third kappa shape index (κ3) is 3.08. The van der Waals surface area contributed by atoms with Crippen LogP contribution >= 0.6 is 11.6 Å². The maximum atomic E-state index is 6.20. The fraction of sp³-hybridized carbons (Fsp3) is 0.357. The van der Waals surface area contributed by atoms with Crippen LogP contribution in [0.3, 0.4) is 0 Å². The van der Waals surface area contributed by atoms with E-state index < -0.39 is 0 Å². The Morgan fingerprint density at radius 1 is 1.37 bits per heavy atom. The number of para-hydroxylation sites is 1. The van der Waals surface area contributed by atoms with E-state index in [2.05, 4.69) is 5.10 Å². The summed E-state index contributed by atoms with van der Waals surface area (Å²) in [5.74, 6) is 0.850. The van der Waals surface area contributed by atoms with Gasteiger partial charge in [-0.2, -0.15) is 5.10 Å². The molecule has 2 aromatic rings. The molecule has 0 aliphatic carbocycles. The molecule has 0 bridgehead atoms. The van der Waals surface area contributed by atoms with Gasteiger partial charge in [-0.15, -0.1) is 0 Å². The van der Waals surface area contributed by atoms with E-state index in [0.717, 1.165) is 29.1 Å². The van der Waals surface area contributed by atoms with Crippen molar-refractivity contribution in [3.8, 4) is 5.75 Å². The highest BCUT2D eigenvalue weighted by molar-refractivity contribution is 6.31. The van der Waals surface area contributed by atoms with Crippen molar-refractivity contribution < 1.29 is 4.74 Å². The molecule has 0 atom stereocenters. The monoisotopic (exact) mass is 279 g/mol. The zero-order valence-electron chi connectivity index (χ0n) is 11.2. The standard InChI is InChI=1S/C14H18ClN3O/c1-10-14(15)12(18(2)17-10)9-19-13-6-4-3-5-11(13)7-8-16/h3-6H,7-9,16H2,1-2H3. The number of hydrogen-bond donors (Lipinski definition) is 1. The molecule has 1 aromatic carbocycles. The maximum Gasteiger partial charge on any atom is 0.131 e. The van der Waals surface area contributed by atoms with Gasteiger partial charge in [0.2, 0.25) is 0 Å². The summed E-state index contributed by atoms with van der Waals surface area (Å²) in [6, 6.07) is 7.91. The van der Waals surface area contributed by atoms with Crippen LogP contribution in [0, 0.1) is 6.92 Å². The summed E-state index contributed by atoms with van der Waals surface area (Å²) in [6.07, 6.45) is 0.800. The van der Waals surface area contributed by atoms with Gasteiger partial charge in [-0.05, 0) is 31.5 Å². The topological polar surface area (TPSA) is 53.1 Å². The summed E-state index contributed by atoms with van der Waals surface area (Å²) >= 11 is 6.20. The summed E-state index contributed by atoms with van der Waals surface area (Å²) in [4.78, 5) is 0. The second-order valence-electron chi connectivity index (χ2n) is 4.40. The van der Waals surface area contributed by atoms with Gasteiger partial charge in [-0.3, -0.25) is 4.68 Å². The van der Waals surface area contributed by atoms with E-state index >= 15 is 0 Å². The Morgan fingerprint density at radius 3 is 2.74 bits per heavy atom. The number of nitrogens with two attached hydrogens (primary N) is 1. The van der Waals surface area contributed by atoms with E-state index in [9.17, 15) is 0 Å². The molecule has 5 heteroatoms. The highest BCUT2D eigenvalue weighted by Crippen LogP contribution is 2.23. The molecule has 0 saturated carbocycles. The van der Waals surface area contributed by atoms with Gasteiger partial charge in [-0.25, -0.2) is 0 Å². The fourth-order valence-electron chi connectivity index (χ4n) is 1.99. The maximum absolute atomic E-state index is 6.20. The zero-order valence-corrected chi connectivity index (χ0v) is 11.9. The first-order valence-corrected chi connectivity index (χ1v) is 6.60.